The van der Waals surface area contributed by atoms with Gasteiger partial charge in [0.2, 0.25) is 0 Å². The van der Waals surface area contributed by atoms with Crippen molar-refractivity contribution in [2.24, 2.45) is 11.8 Å². The van der Waals surface area contributed by atoms with Gasteiger partial charge < -0.3 is 4.57 Å². The van der Waals surface area contributed by atoms with E-state index < -0.39 is 0 Å². The summed E-state index contributed by atoms with van der Waals surface area (Å²) in [5.74, 6) is 1.87. The maximum Gasteiger partial charge on any atom is 0.0274 e. The summed E-state index contributed by atoms with van der Waals surface area (Å²) in [5.41, 5.74) is 1.52. The molecule has 1 aliphatic carbocycles. The van der Waals surface area contributed by atoms with Crippen LogP contribution in [0.2, 0.25) is 0 Å². The molecular weight excluding hydrogens is 218 g/mol. The minimum atomic E-state index is 0.604. The highest BCUT2D eigenvalue weighted by atomic mass is 15.0. The number of hydrogen-bond acceptors (Lipinski definition) is 0. The summed E-state index contributed by atoms with van der Waals surface area (Å²) in [6.07, 6.45) is 11.6. The van der Waals surface area contributed by atoms with E-state index in [4.69, 9.17) is 0 Å². The van der Waals surface area contributed by atoms with Crippen LogP contribution in [0.15, 0.2) is 18.5 Å². The molecule has 0 saturated heterocycles. The summed E-state index contributed by atoms with van der Waals surface area (Å²) in [6.45, 7) is 11.0. The Balaban J connectivity index is 0.000000357. The SMILES string of the molecule is CC(C)C.CC(C)n1ccc(CCC2CCC2)c1. The molecule has 1 heterocycles. The van der Waals surface area contributed by atoms with Gasteiger partial charge in [0.25, 0.3) is 0 Å². The molecule has 0 atom stereocenters. The Labute approximate surface area is 114 Å². The summed E-state index contributed by atoms with van der Waals surface area (Å²) in [6, 6.07) is 2.88. The van der Waals surface area contributed by atoms with Crippen molar-refractivity contribution in [1.29, 1.82) is 0 Å². The average Bonchev–Trinajstić information content (AvgIpc) is 2.63. The van der Waals surface area contributed by atoms with Crippen molar-refractivity contribution in [3.05, 3.63) is 24.0 Å². The fraction of sp³-hybridized carbons (Fsp3) is 0.765. The molecule has 1 nitrogen and oxygen atoms in total. The quantitative estimate of drug-likeness (QED) is 0.667. The topological polar surface area (TPSA) is 4.93 Å². The lowest BCUT2D eigenvalue weighted by atomic mass is 9.81. The molecule has 1 fully saturated rings. The average molecular weight is 249 g/mol. The van der Waals surface area contributed by atoms with E-state index in [1.54, 1.807) is 0 Å². The molecule has 2 rings (SSSR count). The van der Waals surface area contributed by atoms with Gasteiger partial charge in [0.15, 0.2) is 0 Å². The van der Waals surface area contributed by atoms with Gasteiger partial charge in [0.05, 0.1) is 0 Å². The van der Waals surface area contributed by atoms with Crippen LogP contribution in [0, 0.1) is 11.8 Å². The molecule has 104 valence electrons. The first-order chi connectivity index (χ1) is 8.49. The summed E-state index contributed by atoms with van der Waals surface area (Å²) in [7, 11) is 0. The van der Waals surface area contributed by atoms with Crippen molar-refractivity contribution in [3.8, 4) is 0 Å². The molecule has 1 heteroatoms. The van der Waals surface area contributed by atoms with Crippen molar-refractivity contribution in [2.45, 2.75) is 72.8 Å². The lowest BCUT2D eigenvalue weighted by molar-refractivity contribution is 0.296. The largest absolute Gasteiger partial charge is 0.352 e. The monoisotopic (exact) mass is 249 g/mol. The van der Waals surface area contributed by atoms with Crippen molar-refractivity contribution in [2.75, 3.05) is 0 Å². The maximum atomic E-state index is 2.31. The van der Waals surface area contributed by atoms with Gasteiger partial charge in [-0.3, -0.25) is 0 Å². The van der Waals surface area contributed by atoms with Crippen molar-refractivity contribution in [1.82, 2.24) is 4.57 Å². The lowest BCUT2D eigenvalue weighted by Crippen LogP contribution is -2.11. The Morgan fingerprint density at radius 3 is 2.17 bits per heavy atom. The Bertz CT molecular complexity index is 315. The number of rotatable bonds is 4. The van der Waals surface area contributed by atoms with Crippen molar-refractivity contribution < 1.29 is 0 Å². The zero-order valence-corrected chi connectivity index (χ0v) is 12.9. The molecule has 0 unspecified atom stereocenters. The van der Waals surface area contributed by atoms with E-state index in [1.807, 2.05) is 0 Å². The highest BCUT2D eigenvalue weighted by molar-refractivity contribution is 5.11. The third-order valence-electron chi connectivity index (χ3n) is 3.44. The second-order valence-electron chi connectivity index (χ2n) is 6.63. The molecule has 0 aromatic carbocycles. The predicted molar refractivity (Wildman–Crippen MR) is 81.0 cm³/mol. The number of aryl methyl sites for hydroxylation is 1. The molecule has 1 aromatic rings. The van der Waals surface area contributed by atoms with E-state index in [-0.39, 0.29) is 0 Å². The van der Waals surface area contributed by atoms with Crippen LogP contribution in [0.25, 0.3) is 0 Å². The van der Waals surface area contributed by atoms with Crippen LogP contribution >= 0.6 is 0 Å². The van der Waals surface area contributed by atoms with Crippen LogP contribution in [-0.2, 0) is 6.42 Å². The fourth-order valence-electron chi connectivity index (χ4n) is 2.08. The summed E-state index contributed by atoms with van der Waals surface area (Å²) >= 11 is 0. The van der Waals surface area contributed by atoms with E-state index >= 15 is 0 Å². The third kappa shape index (κ3) is 5.75. The van der Waals surface area contributed by atoms with E-state index in [0.29, 0.717) is 6.04 Å². The van der Waals surface area contributed by atoms with E-state index in [1.165, 1.54) is 37.7 Å². The highest BCUT2D eigenvalue weighted by Gasteiger charge is 2.16. The second-order valence-corrected chi connectivity index (χ2v) is 6.63. The van der Waals surface area contributed by atoms with Crippen LogP contribution in [-0.4, -0.2) is 4.57 Å². The molecule has 1 aromatic heterocycles. The summed E-state index contributed by atoms with van der Waals surface area (Å²) in [5, 5.41) is 0. The fourth-order valence-corrected chi connectivity index (χ4v) is 2.08. The van der Waals surface area contributed by atoms with Gasteiger partial charge in [0, 0.05) is 18.4 Å². The van der Waals surface area contributed by atoms with E-state index in [2.05, 4.69) is 57.6 Å². The van der Waals surface area contributed by atoms with Crippen LogP contribution in [0.3, 0.4) is 0 Å². The molecule has 0 N–H and O–H groups in total. The summed E-state index contributed by atoms with van der Waals surface area (Å²) in [4.78, 5) is 0. The molecule has 18 heavy (non-hydrogen) atoms. The lowest BCUT2D eigenvalue weighted by Gasteiger charge is -2.24. The smallest absolute Gasteiger partial charge is 0.0274 e. The first kappa shape index (κ1) is 15.3. The zero-order chi connectivity index (χ0) is 13.5. The Morgan fingerprint density at radius 1 is 1.17 bits per heavy atom. The molecule has 1 aliphatic rings. The maximum absolute atomic E-state index is 2.31. The van der Waals surface area contributed by atoms with Gasteiger partial charge in [-0.1, -0.05) is 40.0 Å². The number of nitrogens with zero attached hydrogens (tertiary/aromatic N) is 1. The molecular formula is C17H31N. The Hall–Kier alpha value is -0.720. The predicted octanol–water partition coefficient (Wildman–Crippen LogP) is 5.46. The molecule has 0 spiro atoms. The molecule has 0 aliphatic heterocycles. The minimum absolute atomic E-state index is 0.604. The van der Waals surface area contributed by atoms with Gasteiger partial charge in [0.1, 0.15) is 0 Å². The van der Waals surface area contributed by atoms with Crippen LogP contribution in [0.1, 0.15) is 71.9 Å². The minimum Gasteiger partial charge on any atom is -0.352 e. The number of aromatic nitrogens is 1. The van der Waals surface area contributed by atoms with E-state index in [9.17, 15) is 0 Å². The Kier molecular flexibility index (Phi) is 6.52. The normalized spacial score (nSPS) is 15.5. The van der Waals surface area contributed by atoms with Crippen molar-refractivity contribution in [3.63, 3.8) is 0 Å². The van der Waals surface area contributed by atoms with Crippen molar-refractivity contribution >= 4 is 0 Å². The van der Waals surface area contributed by atoms with Gasteiger partial charge >= 0.3 is 0 Å². The van der Waals surface area contributed by atoms with Gasteiger partial charge in [-0.2, -0.15) is 0 Å². The molecule has 1 saturated carbocycles. The van der Waals surface area contributed by atoms with Gasteiger partial charge in [-0.15, -0.1) is 0 Å². The zero-order valence-electron chi connectivity index (χ0n) is 12.9. The van der Waals surface area contributed by atoms with Gasteiger partial charge in [-0.25, -0.2) is 0 Å². The Morgan fingerprint density at radius 2 is 1.78 bits per heavy atom. The number of hydrogen-bond donors (Lipinski definition) is 0. The first-order valence-electron chi connectivity index (χ1n) is 7.65. The standard InChI is InChI=1S/C13H21N.C4H10/c1-11(2)14-9-8-13(10-14)7-6-12-4-3-5-12;1-4(2)3/h8-12H,3-7H2,1-2H3;4H,1-3H3. The van der Waals surface area contributed by atoms with Crippen LogP contribution in [0.5, 0.6) is 0 Å². The second kappa shape index (κ2) is 7.66. The highest BCUT2D eigenvalue weighted by Crippen LogP contribution is 2.30. The first-order valence-corrected chi connectivity index (χ1v) is 7.65. The van der Waals surface area contributed by atoms with Crippen LogP contribution < -0.4 is 0 Å². The molecule has 0 bridgehead atoms. The molecule has 0 amide bonds. The third-order valence-corrected chi connectivity index (χ3v) is 3.44. The molecule has 0 radical (unpaired) electrons. The summed E-state index contributed by atoms with van der Waals surface area (Å²) < 4.78 is 2.30. The van der Waals surface area contributed by atoms with Gasteiger partial charge in [-0.05, 0) is 50.2 Å². The van der Waals surface area contributed by atoms with E-state index in [0.717, 1.165) is 11.8 Å². The van der Waals surface area contributed by atoms with Crippen LogP contribution in [0.4, 0.5) is 0 Å².